The number of primary amides is 1. The van der Waals surface area contributed by atoms with Gasteiger partial charge in [-0.3, -0.25) is 4.79 Å². The lowest BCUT2D eigenvalue weighted by atomic mass is 9.93. The van der Waals surface area contributed by atoms with Gasteiger partial charge < -0.3 is 21.0 Å². The molecular formula is C19H16FN5O2S. The maximum atomic E-state index is 13.9. The molecule has 3 heterocycles. The van der Waals surface area contributed by atoms with E-state index < -0.39 is 17.5 Å². The van der Waals surface area contributed by atoms with Crippen LogP contribution in [0.15, 0.2) is 30.0 Å². The maximum absolute atomic E-state index is 13.9. The van der Waals surface area contributed by atoms with Crippen LogP contribution < -0.4 is 11.5 Å². The summed E-state index contributed by atoms with van der Waals surface area (Å²) in [5, 5.41) is 12.6. The molecule has 0 aliphatic carbocycles. The number of aryl methyl sites for hydroxylation is 1. The van der Waals surface area contributed by atoms with Crippen molar-refractivity contribution in [1.82, 2.24) is 14.4 Å². The Bertz CT molecular complexity index is 1250. The summed E-state index contributed by atoms with van der Waals surface area (Å²) in [6, 6.07) is 1.22. The van der Waals surface area contributed by atoms with Gasteiger partial charge in [-0.15, -0.1) is 11.3 Å². The first-order valence-corrected chi connectivity index (χ1v) is 9.17. The van der Waals surface area contributed by atoms with Crippen LogP contribution in [0.1, 0.15) is 21.5 Å². The van der Waals surface area contributed by atoms with Crippen molar-refractivity contribution in [2.45, 2.75) is 13.8 Å². The number of carbonyl (C=O) groups excluding carboxylic acids is 1. The molecule has 0 spiro atoms. The highest BCUT2D eigenvalue weighted by Gasteiger charge is 2.23. The van der Waals surface area contributed by atoms with Crippen LogP contribution in [0.4, 0.5) is 10.1 Å². The quantitative estimate of drug-likeness (QED) is 0.490. The molecular weight excluding hydrogens is 381 g/mol. The van der Waals surface area contributed by atoms with Gasteiger partial charge in [0.2, 0.25) is 0 Å². The van der Waals surface area contributed by atoms with Gasteiger partial charge in [-0.05, 0) is 31.0 Å². The summed E-state index contributed by atoms with van der Waals surface area (Å²) in [6.07, 6.45) is 5.07. The Hall–Kier alpha value is -3.46. The second-order valence-corrected chi connectivity index (χ2v) is 7.31. The number of nitrogens with zero attached hydrogens (tertiary/aromatic N) is 3. The zero-order chi connectivity index (χ0) is 20.2. The van der Waals surface area contributed by atoms with Crippen LogP contribution in [0.3, 0.4) is 0 Å². The number of carbonyl (C=O) groups is 1. The summed E-state index contributed by atoms with van der Waals surface area (Å²) in [5.74, 6) is -1.92. The van der Waals surface area contributed by atoms with E-state index in [9.17, 15) is 14.3 Å². The third kappa shape index (κ3) is 2.59. The number of hydrogen-bond donors (Lipinski definition) is 3. The number of aromatic nitrogens is 3. The van der Waals surface area contributed by atoms with Gasteiger partial charge in [0, 0.05) is 35.1 Å². The molecule has 0 bridgehead atoms. The molecule has 4 rings (SSSR count). The summed E-state index contributed by atoms with van der Waals surface area (Å²) in [4.78, 5) is 20.9. The van der Waals surface area contributed by atoms with E-state index in [0.717, 1.165) is 0 Å². The molecule has 0 saturated heterocycles. The van der Waals surface area contributed by atoms with Gasteiger partial charge in [-0.2, -0.15) is 0 Å². The first-order valence-electron chi connectivity index (χ1n) is 8.29. The second kappa shape index (κ2) is 6.31. The van der Waals surface area contributed by atoms with Crippen molar-refractivity contribution in [3.05, 3.63) is 52.5 Å². The number of pyridine rings is 1. The lowest BCUT2D eigenvalue weighted by Crippen LogP contribution is -2.16. The predicted molar refractivity (Wildman–Crippen MR) is 106 cm³/mol. The van der Waals surface area contributed by atoms with Crippen molar-refractivity contribution in [2.75, 3.05) is 5.73 Å². The highest BCUT2D eigenvalue weighted by atomic mass is 32.1. The summed E-state index contributed by atoms with van der Waals surface area (Å²) < 4.78 is 15.5. The lowest BCUT2D eigenvalue weighted by molar-refractivity contribution is 0.100. The number of imidazole rings is 1. The number of nitrogen functional groups attached to an aromatic ring is 1. The molecule has 7 nitrogen and oxygen atoms in total. The molecule has 0 fully saturated rings. The topological polar surface area (TPSA) is 120 Å². The fraction of sp³-hybridized carbons (Fsp3) is 0.105. The fourth-order valence-corrected chi connectivity index (χ4v) is 3.97. The van der Waals surface area contributed by atoms with Crippen LogP contribution in [0.2, 0.25) is 0 Å². The van der Waals surface area contributed by atoms with Gasteiger partial charge in [-0.25, -0.2) is 14.4 Å². The van der Waals surface area contributed by atoms with Crippen molar-refractivity contribution in [3.63, 3.8) is 0 Å². The molecule has 0 radical (unpaired) electrons. The average molecular weight is 397 g/mol. The van der Waals surface area contributed by atoms with Crippen LogP contribution in [-0.2, 0) is 0 Å². The van der Waals surface area contributed by atoms with Crippen LogP contribution in [0.25, 0.3) is 27.5 Å². The van der Waals surface area contributed by atoms with Gasteiger partial charge in [0.1, 0.15) is 16.3 Å². The Balaban J connectivity index is 2.08. The first kappa shape index (κ1) is 17.9. The molecule has 0 atom stereocenters. The standard InChI is InChI=1S/C19H16FN5O2S/c1-8-5-11(20)16(26)9(2)13(8)10-6-25-7-12(19-23-3-4-28-19)24-18(25)14(15(10)21)17(22)27/h3-7,26H,21H2,1-2H3,(H2,22,27). The summed E-state index contributed by atoms with van der Waals surface area (Å²) in [5.41, 5.74) is 14.8. The Morgan fingerprint density at radius 1 is 1.32 bits per heavy atom. The van der Waals surface area contributed by atoms with Crippen LogP contribution in [0.5, 0.6) is 5.75 Å². The third-order valence-corrected chi connectivity index (χ3v) is 5.44. The molecule has 0 saturated carbocycles. The normalized spacial score (nSPS) is 11.2. The number of aromatic hydroxyl groups is 1. The van der Waals surface area contributed by atoms with Crippen molar-refractivity contribution in [2.24, 2.45) is 5.73 Å². The number of fused-ring (bicyclic) bond motifs is 1. The van der Waals surface area contributed by atoms with Crippen LogP contribution >= 0.6 is 11.3 Å². The van der Waals surface area contributed by atoms with Gasteiger partial charge in [0.05, 0.1) is 5.69 Å². The van der Waals surface area contributed by atoms with Gasteiger partial charge >= 0.3 is 0 Å². The van der Waals surface area contributed by atoms with E-state index in [1.807, 2.05) is 5.38 Å². The Kier molecular flexibility index (Phi) is 4.04. The number of anilines is 1. The van der Waals surface area contributed by atoms with Crippen LogP contribution in [0, 0.1) is 19.7 Å². The molecule has 0 unspecified atom stereocenters. The number of benzene rings is 1. The largest absolute Gasteiger partial charge is 0.505 e. The number of halogens is 1. The number of nitrogens with two attached hydrogens (primary N) is 2. The summed E-state index contributed by atoms with van der Waals surface area (Å²) >= 11 is 1.41. The van der Waals surface area contributed by atoms with E-state index in [-0.39, 0.29) is 11.3 Å². The number of rotatable bonds is 3. The van der Waals surface area contributed by atoms with Crippen molar-refractivity contribution < 1.29 is 14.3 Å². The molecule has 0 aliphatic heterocycles. The molecule has 3 aromatic heterocycles. The van der Waals surface area contributed by atoms with Crippen molar-refractivity contribution in [1.29, 1.82) is 0 Å². The van der Waals surface area contributed by atoms with E-state index in [2.05, 4.69) is 9.97 Å². The lowest BCUT2D eigenvalue weighted by Gasteiger charge is -2.16. The Morgan fingerprint density at radius 3 is 2.71 bits per heavy atom. The van der Waals surface area contributed by atoms with Gasteiger partial charge in [-0.1, -0.05) is 0 Å². The molecule has 142 valence electrons. The minimum atomic E-state index is -0.734. The third-order valence-electron chi connectivity index (χ3n) is 4.64. The molecule has 5 N–H and O–H groups in total. The summed E-state index contributed by atoms with van der Waals surface area (Å²) in [7, 11) is 0. The molecule has 28 heavy (non-hydrogen) atoms. The van der Waals surface area contributed by atoms with E-state index in [1.54, 1.807) is 36.8 Å². The van der Waals surface area contributed by atoms with Crippen molar-refractivity contribution in [3.8, 4) is 27.6 Å². The number of hydrogen-bond acceptors (Lipinski definition) is 6. The molecule has 9 heteroatoms. The van der Waals surface area contributed by atoms with Crippen molar-refractivity contribution >= 4 is 28.6 Å². The minimum Gasteiger partial charge on any atom is -0.505 e. The van der Waals surface area contributed by atoms with E-state index in [0.29, 0.717) is 38.6 Å². The van der Waals surface area contributed by atoms with E-state index in [1.165, 1.54) is 17.4 Å². The zero-order valence-electron chi connectivity index (χ0n) is 15.0. The van der Waals surface area contributed by atoms with E-state index in [4.69, 9.17) is 11.5 Å². The van der Waals surface area contributed by atoms with E-state index >= 15 is 0 Å². The highest BCUT2D eigenvalue weighted by molar-refractivity contribution is 7.13. The average Bonchev–Trinajstić information content (AvgIpc) is 3.29. The van der Waals surface area contributed by atoms with Crippen LogP contribution in [-0.4, -0.2) is 25.4 Å². The summed E-state index contributed by atoms with van der Waals surface area (Å²) in [6.45, 7) is 3.29. The minimum absolute atomic E-state index is 0.0583. The van der Waals surface area contributed by atoms with Gasteiger partial charge in [0.15, 0.2) is 17.2 Å². The molecule has 4 aromatic rings. The predicted octanol–water partition coefficient (Wildman–Crippen LogP) is 3.27. The zero-order valence-corrected chi connectivity index (χ0v) is 15.8. The first-order chi connectivity index (χ1) is 13.3. The number of thiazole rings is 1. The number of phenolic OH excluding ortho intramolecular Hbond substituents is 1. The second-order valence-electron chi connectivity index (χ2n) is 6.41. The Labute approximate surface area is 163 Å². The maximum Gasteiger partial charge on any atom is 0.254 e. The molecule has 0 aliphatic rings. The molecule has 1 amide bonds. The fourth-order valence-electron chi connectivity index (χ4n) is 3.37. The number of phenols is 1. The Morgan fingerprint density at radius 2 is 2.07 bits per heavy atom. The highest BCUT2D eigenvalue weighted by Crippen LogP contribution is 2.39. The smallest absolute Gasteiger partial charge is 0.254 e. The number of amides is 1. The SMILES string of the molecule is Cc1cc(F)c(O)c(C)c1-c1cn2cc(-c3nccs3)nc2c(C(N)=O)c1N. The molecule has 1 aromatic carbocycles. The monoisotopic (exact) mass is 397 g/mol. The van der Waals surface area contributed by atoms with Gasteiger partial charge in [0.25, 0.3) is 5.91 Å².